The van der Waals surface area contributed by atoms with Gasteiger partial charge >= 0.3 is 0 Å². The van der Waals surface area contributed by atoms with Crippen LogP contribution in [-0.4, -0.2) is 27.5 Å². The third kappa shape index (κ3) is 3.60. The molecule has 1 aliphatic rings. The van der Waals surface area contributed by atoms with Crippen LogP contribution in [0.2, 0.25) is 0 Å². The van der Waals surface area contributed by atoms with Crippen LogP contribution in [0, 0.1) is 10.1 Å². The van der Waals surface area contributed by atoms with Gasteiger partial charge in [0.05, 0.1) is 11.1 Å². The fraction of sp³-hybridized carbons (Fsp3) is 0.643. The fourth-order valence-corrected chi connectivity index (χ4v) is 2.79. The molecule has 0 spiro atoms. The molecule has 0 saturated heterocycles. The Morgan fingerprint density at radius 1 is 1.52 bits per heavy atom. The number of nitrogens with two attached hydrogens (primary N) is 1. The zero-order valence-corrected chi connectivity index (χ0v) is 12.2. The van der Waals surface area contributed by atoms with Crippen LogP contribution in [0.5, 0.6) is 0 Å². The first-order valence-corrected chi connectivity index (χ1v) is 7.44. The van der Waals surface area contributed by atoms with E-state index in [0.717, 1.165) is 32.1 Å². The largest absolute Gasteiger partial charge is 0.346 e. The number of nitro groups is 1. The lowest BCUT2D eigenvalue weighted by Crippen LogP contribution is -2.49. The SMILES string of the molecule is CCCn1cc([N+](=O)[O-])cc1C(=O)NC1CCCCC1N. The number of carbonyl (C=O) groups is 1. The molecular weight excluding hydrogens is 272 g/mol. The number of hydrogen-bond donors (Lipinski definition) is 2. The number of amides is 1. The van der Waals surface area contributed by atoms with Crippen LogP contribution in [0.1, 0.15) is 49.5 Å². The van der Waals surface area contributed by atoms with Gasteiger partial charge in [0.1, 0.15) is 5.69 Å². The Bertz CT molecular complexity index is 526. The maximum absolute atomic E-state index is 12.4. The van der Waals surface area contributed by atoms with E-state index in [0.29, 0.717) is 12.2 Å². The zero-order chi connectivity index (χ0) is 15.4. The predicted molar refractivity (Wildman–Crippen MR) is 79.1 cm³/mol. The molecule has 7 nitrogen and oxygen atoms in total. The molecule has 1 heterocycles. The molecule has 0 aromatic carbocycles. The van der Waals surface area contributed by atoms with Gasteiger partial charge < -0.3 is 15.6 Å². The summed E-state index contributed by atoms with van der Waals surface area (Å²) in [4.78, 5) is 22.8. The van der Waals surface area contributed by atoms with Crippen molar-refractivity contribution in [3.05, 3.63) is 28.1 Å². The van der Waals surface area contributed by atoms with E-state index in [9.17, 15) is 14.9 Å². The molecule has 7 heteroatoms. The van der Waals surface area contributed by atoms with E-state index in [1.54, 1.807) is 4.57 Å². The van der Waals surface area contributed by atoms with E-state index >= 15 is 0 Å². The summed E-state index contributed by atoms with van der Waals surface area (Å²) >= 11 is 0. The average molecular weight is 294 g/mol. The minimum absolute atomic E-state index is 0.0349. The summed E-state index contributed by atoms with van der Waals surface area (Å²) in [5.41, 5.74) is 6.31. The lowest BCUT2D eigenvalue weighted by Gasteiger charge is -2.29. The van der Waals surface area contributed by atoms with Crippen molar-refractivity contribution in [3.8, 4) is 0 Å². The fourth-order valence-electron chi connectivity index (χ4n) is 2.79. The van der Waals surface area contributed by atoms with Crippen molar-refractivity contribution in [1.29, 1.82) is 0 Å². The predicted octanol–water partition coefficient (Wildman–Crippen LogP) is 1.81. The molecule has 2 rings (SSSR count). The molecular formula is C14H22N4O3. The first kappa shape index (κ1) is 15.5. The summed E-state index contributed by atoms with van der Waals surface area (Å²) in [7, 11) is 0. The van der Waals surface area contributed by atoms with Crippen molar-refractivity contribution >= 4 is 11.6 Å². The summed E-state index contributed by atoms with van der Waals surface area (Å²) < 4.78 is 1.64. The maximum atomic E-state index is 12.4. The van der Waals surface area contributed by atoms with Gasteiger partial charge in [0.15, 0.2) is 0 Å². The highest BCUT2D eigenvalue weighted by Crippen LogP contribution is 2.20. The maximum Gasteiger partial charge on any atom is 0.287 e. The van der Waals surface area contributed by atoms with Gasteiger partial charge in [0, 0.05) is 24.7 Å². The van der Waals surface area contributed by atoms with Gasteiger partial charge in [-0.05, 0) is 19.3 Å². The van der Waals surface area contributed by atoms with E-state index in [1.165, 1.54) is 12.3 Å². The Morgan fingerprint density at radius 2 is 2.24 bits per heavy atom. The average Bonchev–Trinajstić information content (AvgIpc) is 2.86. The number of carbonyl (C=O) groups excluding carboxylic acids is 1. The molecule has 1 saturated carbocycles. The molecule has 0 bridgehead atoms. The Labute approximate surface area is 123 Å². The van der Waals surface area contributed by atoms with Crippen LogP contribution in [0.25, 0.3) is 0 Å². The topological polar surface area (TPSA) is 103 Å². The highest BCUT2D eigenvalue weighted by Gasteiger charge is 2.26. The minimum Gasteiger partial charge on any atom is -0.346 e. The van der Waals surface area contributed by atoms with E-state index in [4.69, 9.17) is 5.73 Å². The number of rotatable bonds is 5. The van der Waals surface area contributed by atoms with Crippen molar-refractivity contribution in [2.24, 2.45) is 5.73 Å². The second-order valence-corrected chi connectivity index (χ2v) is 5.56. The molecule has 116 valence electrons. The van der Waals surface area contributed by atoms with Crippen molar-refractivity contribution < 1.29 is 9.72 Å². The minimum atomic E-state index is -0.477. The molecule has 2 atom stereocenters. The normalized spacial score (nSPS) is 22.0. The monoisotopic (exact) mass is 294 g/mol. The van der Waals surface area contributed by atoms with Crippen molar-refractivity contribution in [2.45, 2.75) is 57.7 Å². The van der Waals surface area contributed by atoms with Crippen LogP contribution < -0.4 is 11.1 Å². The molecule has 1 amide bonds. The van der Waals surface area contributed by atoms with Gasteiger partial charge in [0.2, 0.25) is 0 Å². The lowest BCUT2D eigenvalue weighted by molar-refractivity contribution is -0.384. The third-order valence-electron chi connectivity index (χ3n) is 3.93. The Hall–Kier alpha value is -1.89. The van der Waals surface area contributed by atoms with Gasteiger partial charge in [-0.3, -0.25) is 14.9 Å². The number of aromatic nitrogens is 1. The Kier molecular flexibility index (Phi) is 4.95. The van der Waals surface area contributed by atoms with Crippen LogP contribution in [0.4, 0.5) is 5.69 Å². The van der Waals surface area contributed by atoms with Crippen LogP contribution in [0.3, 0.4) is 0 Å². The number of nitrogens with one attached hydrogen (secondary N) is 1. The summed E-state index contributed by atoms with van der Waals surface area (Å²) in [5.74, 6) is -0.279. The first-order chi connectivity index (χ1) is 10.0. The summed E-state index contributed by atoms with van der Waals surface area (Å²) in [5, 5.41) is 13.8. The van der Waals surface area contributed by atoms with Gasteiger partial charge in [-0.2, -0.15) is 0 Å². The van der Waals surface area contributed by atoms with E-state index in [1.807, 2.05) is 6.92 Å². The van der Waals surface area contributed by atoms with Crippen LogP contribution >= 0.6 is 0 Å². The third-order valence-corrected chi connectivity index (χ3v) is 3.93. The Balaban J connectivity index is 2.15. The van der Waals surface area contributed by atoms with E-state index in [2.05, 4.69) is 5.32 Å². The van der Waals surface area contributed by atoms with Crippen LogP contribution in [-0.2, 0) is 6.54 Å². The first-order valence-electron chi connectivity index (χ1n) is 7.44. The highest BCUT2D eigenvalue weighted by molar-refractivity contribution is 5.93. The molecule has 1 fully saturated rings. The second-order valence-electron chi connectivity index (χ2n) is 5.56. The van der Waals surface area contributed by atoms with E-state index in [-0.39, 0.29) is 23.7 Å². The molecule has 0 radical (unpaired) electrons. The van der Waals surface area contributed by atoms with Crippen LogP contribution in [0.15, 0.2) is 12.3 Å². The standard InChI is InChI=1S/C14H22N4O3/c1-2-7-17-9-10(18(20)21)8-13(17)14(19)16-12-6-4-3-5-11(12)15/h8-9,11-12H,2-7,15H2,1H3,(H,16,19). The number of aryl methyl sites for hydroxylation is 1. The molecule has 0 aliphatic heterocycles. The number of hydrogen-bond acceptors (Lipinski definition) is 4. The van der Waals surface area contributed by atoms with Crippen molar-refractivity contribution in [1.82, 2.24) is 9.88 Å². The molecule has 1 aliphatic carbocycles. The zero-order valence-electron chi connectivity index (χ0n) is 12.2. The summed E-state index contributed by atoms with van der Waals surface area (Å²) in [6.45, 7) is 2.54. The van der Waals surface area contributed by atoms with Gasteiger partial charge in [0.25, 0.3) is 11.6 Å². The summed E-state index contributed by atoms with van der Waals surface area (Å²) in [6.07, 6.45) is 6.12. The van der Waals surface area contributed by atoms with Crippen molar-refractivity contribution in [2.75, 3.05) is 0 Å². The molecule has 2 unspecified atom stereocenters. The van der Waals surface area contributed by atoms with Gasteiger partial charge in [-0.1, -0.05) is 19.8 Å². The number of nitrogens with zero attached hydrogens (tertiary/aromatic N) is 2. The van der Waals surface area contributed by atoms with E-state index < -0.39 is 4.92 Å². The van der Waals surface area contributed by atoms with Gasteiger partial charge in [-0.15, -0.1) is 0 Å². The Morgan fingerprint density at radius 3 is 2.86 bits per heavy atom. The highest BCUT2D eigenvalue weighted by atomic mass is 16.6. The van der Waals surface area contributed by atoms with Gasteiger partial charge in [-0.25, -0.2) is 0 Å². The summed E-state index contributed by atoms with van der Waals surface area (Å²) in [6, 6.07) is 1.25. The molecule has 3 N–H and O–H groups in total. The smallest absolute Gasteiger partial charge is 0.287 e. The molecule has 1 aromatic rings. The second kappa shape index (κ2) is 6.71. The molecule has 1 aromatic heterocycles. The lowest BCUT2D eigenvalue weighted by atomic mass is 9.91. The molecule has 21 heavy (non-hydrogen) atoms. The van der Waals surface area contributed by atoms with Crippen molar-refractivity contribution in [3.63, 3.8) is 0 Å². The quantitative estimate of drug-likeness (QED) is 0.638.